The van der Waals surface area contributed by atoms with E-state index in [0.717, 1.165) is 148 Å². The van der Waals surface area contributed by atoms with E-state index in [4.69, 9.17) is 34.4 Å². The number of fused-ring (bicyclic) bond motifs is 6. The van der Waals surface area contributed by atoms with Crippen molar-refractivity contribution in [3.05, 3.63) is 353 Å². The lowest BCUT2D eigenvalue weighted by Crippen LogP contribution is -2.32. The van der Waals surface area contributed by atoms with Gasteiger partial charge in [-0.15, -0.1) is 68.0 Å². The Morgan fingerprint density at radius 1 is 0.270 bits per heavy atom. The number of hydrogen-bond donors (Lipinski definition) is 7. The molecule has 14 heterocycles. The van der Waals surface area contributed by atoms with Crippen molar-refractivity contribution < 1.29 is 0 Å². The Morgan fingerprint density at radius 3 is 0.818 bits per heavy atom. The highest BCUT2D eigenvalue weighted by molar-refractivity contribution is 7.13. The van der Waals surface area contributed by atoms with Crippen molar-refractivity contribution in [3.63, 3.8) is 0 Å². The summed E-state index contributed by atoms with van der Waals surface area (Å²) in [5.74, 6) is 3.45. The number of aromatic nitrogens is 6. The Labute approximate surface area is 901 Å². The maximum atomic E-state index is 6.13. The van der Waals surface area contributed by atoms with Gasteiger partial charge in [0, 0.05) is 89.5 Å². The van der Waals surface area contributed by atoms with Gasteiger partial charge in [0.1, 0.15) is 35.0 Å². The molecule has 0 spiro atoms. The van der Waals surface area contributed by atoms with E-state index >= 15 is 0 Å². The molecule has 12 aromatic heterocycles. The molecule has 0 atom stereocenters. The van der Waals surface area contributed by atoms with E-state index in [2.05, 4.69) is 287 Å². The lowest BCUT2D eigenvalue weighted by molar-refractivity contribution is 0.221. The summed E-state index contributed by atoms with van der Waals surface area (Å²) in [7, 11) is 10.4. The zero-order chi connectivity index (χ0) is 98.3. The highest BCUT2D eigenvalue weighted by Gasteiger charge is 2.17. The summed E-state index contributed by atoms with van der Waals surface area (Å²) in [6.45, 7) is 16.4. The zero-order valence-corrected chi connectivity index (χ0v) is 86.5. The second-order valence-electron chi connectivity index (χ2n) is 35.8. The molecule has 0 aliphatic carbocycles. The molecule has 0 radical (unpaired) electrons. The van der Waals surface area contributed by atoms with Crippen LogP contribution in [0.3, 0.4) is 0 Å². The Balaban J connectivity index is 0.000000180. The molecule has 2 saturated heterocycles. The summed E-state index contributed by atoms with van der Waals surface area (Å²) >= 11 is 9.65. The topological polar surface area (TPSA) is 285 Å². The lowest BCUT2D eigenvalue weighted by Gasteiger charge is -2.26. The quantitative estimate of drug-likeness (QED) is 0.0115. The van der Waals surface area contributed by atoms with Gasteiger partial charge in [0.15, 0.2) is 0 Å². The van der Waals surface area contributed by atoms with Gasteiger partial charge >= 0.3 is 0 Å². The molecule has 13 N–H and O–H groups in total. The number of aliphatic imine (C=N–C) groups is 6. The minimum Gasteiger partial charge on any atom is -0.383 e. The third-order valence-corrected chi connectivity index (χ3v) is 30.3. The van der Waals surface area contributed by atoms with E-state index in [0.29, 0.717) is 35.0 Å². The van der Waals surface area contributed by atoms with Crippen molar-refractivity contribution in [2.24, 2.45) is 64.4 Å². The average Bonchev–Trinajstić information content (AvgIpc) is 1.62. The second kappa shape index (κ2) is 59.0. The van der Waals surface area contributed by atoms with E-state index in [1.165, 1.54) is 142 Å². The fourth-order valence-corrected chi connectivity index (χ4v) is 21.2. The SMILES string of the molecule is C.C.C.C.C.C.CN(C)CCCn1ccc2ccc(N=C(N)c3cccs3)cc21.CN(C)CCn1ccc2ccc(N=C(N)c3cccs3)cc21.CNCCCn1ccc2ccc(N=C(N)c3cccs3)cc21.NC(=Nc1ccc2ccn(CCCN3CCCC3)c2c1)c1cccs1.NC(=Nc1ccc2ccn(CCN3CCCCC3)c2c1)c1cccs1.NC(=Nc1ccc2ccn(CCc3ccccc3)c2c1)c1cccs1. The van der Waals surface area contributed by atoms with Gasteiger partial charge in [-0.1, -0.05) is 154 Å². The first-order valence-electron chi connectivity index (χ1n) is 48.7. The minimum atomic E-state index is 0. The van der Waals surface area contributed by atoms with Crippen LogP contribution in [0.2, 0.25) is 0 Å². The summed E-state index contributed by atoms with van der Waals surface area (Å²) < 4.78 is 13.8. The van der Waals surface area contributed by atoms with E-state index in [-0.39, 0.29) is 44.6 Å². The predicted octanol–water partition coefficient (Wildman–Crippen LogP) is 27.6. The smallest absolute Gasteiger partial charge is 0.141 e. The van der Waals surface area contributed by atoms with Crippen molar-refractivity contribution in [2.45, 2.75) is 142 Å². The number of nitrogens with zero attached hydrogens (tertiary/aromatic N) is 16. The normalized spacial score (nSPS) is 13.1. The highest BCUT2D eigenvalue weighted by Crippen LogP contribution is 2.32. The van der Waals surface area contributed by atoms with Gasteiger partial charge in [-0.25, -0.2) is 30.0 Å². The van der Waals surface area contributed by atoms with Gasteiger partial charge < -0.3 is 86.7 Å². The zero-order valence-electron chi connectivity index (χ0n) is 81.6. The molecule has 2 fully saturated rings. The number of amidine groups is 6. The van der Waals surface area contributed by atoms with Crippen LogP contribution in [0.4, 0.5) is 34.1 Å². The van der Waals surface area contributed by atoms with E-state index in [1.54, 1.807) is 68.0 Å². The van der Waals surface area contributed by atoms with Crippen LogP contribution in [-0.2, 0) is 45.7 Å². The molecule has 29 heteroatoms. The molecule has 2 aliphatic rings. The maximum absolute atomic E-state index is 6.13. The number of nitrogens with two attached hydrogens (primary N) is 6. The van der Waals surface area contributed by atoms with Crippen molar-refractivity contribution in [1.29, 1.82) is 0 Å². The summed E-state index contributed by atoms with van der Waals surface area (Å²) in [6, 6.07) is 85.0. The first kappa shape index (κ1) is 117. The molecule has 23 nitrogen and oxygen atoms in total. The first-order chi connectivity index (χ1) is 69.4. The number of benzene rings is 7. The number of hydrogen-bond acceptors (Lipinski definition) is 17. The van der Waals surface area contributed by atoms with Gasteiger partial charge in [-0.05, 0) is 348 Å². The Hall–Kier alpha value is -13.4. The number of rotatable bonds is 33. The first-order valence-corrected chi connectivity index (χ1v) is 53.9. The van der Waals surface area contributed by atoms with Gasteiger partial charge in [-0.2, -0.15) is 0 Å². The predicted molar refractivity (Wildman–Crippen MR) is 651 cm³/mol. The highest BCUT2D eigenvalue weighted by atomic mass is 32.1. The second-order valence-corrected chi connectivity index (χ2v) is 41.5. The van der Waals surface area contributed by atoms with Crippen molar-refractivity contribution in [1.82, 2.24) is 52.3 Å². The fraction of sp³-hybridized carbons (Fsp3) is 0.294. The van der Waals surface area contributed by atoms with Crippen LogP contribution < -0.4 is 39.7 Å². The largest absolute Gasteiger partial charge is 0.383 e. The van der Waals surface area contributed by atoms with Gasteiger partial charge in [0.2, 0.25) is 0 Å². The standard InChI is InChI=1S/C21H19N3S.2C20H24N4S.C18H22N4S.2C17H20N4S.6CH4/c22-21(20-7-4-14-25-20)23-18-9-8-17-11-13-24(19(17)15-18)12-10-16-5-2-1-3-6-16;21-20(19-5-3-14-25-19)22-17-7-6-16-8-13-24(18(16)15-17)12-4-11-23-9-1-2-10-23;21-20(19-5-4-14-25-19)22-17-7-6-16-8-11-24(18(16)15-17)13-12-23-9-2-1-3-10-23;1-21(2)9-4-10-22-11-8-14-6-7-15(13-16(14)22)20-18(19)17-5-3-12-23-17;1-20(2)9-10-21-8-7-13-5-6-14(12-15(13)21)19-17(18)16-4-3-11-22-16;1-19-8-3-9-21-10-7-13-5-6-14(12-15(13)21)20-17(18)16-4-2-11-22-16;;;;;;/h1-9,11,13-15H,10,12H2,(H2,22,23);3,5-8,13-15H,1-2,4,9-12H2,(H2,21,22);4-8,11,14-15H,1-3,9-10,12-13H2,(H2,21,22);3,5-8,11-13H,4,9-10H2,1-2H3,(H2,19,20);3-8,11-12H,9-10H2,1-2H3,(H2,18,19);2,4-7,10-12,19H,3,8-9H2,1H3,(H2,18,20);6*1H4. The van der Waals surface area contributed by atoms with Gasteiger partial charge in [-0.3, -0.25) is 0 Å². The maximum Gasteiger partial charge on any atom is 0.141 e. The molecule has 0 amide bonds. The number of thiophene rings is 6. The van der Waals surface area contributed by atoms with Crippen LogP contribution in [0.15, 0.2) is 348 Å². The van der Waals surface area contributed by atoms with E-state index in [1.807, 2.05) is 149 Å². The lowest BCUT2D eigenvalue weighted by atomic mass is 10.1. The number of piperidine rings is 1. The van der Waals surface area contributed by atoms with Crippen molar-refractivity contribution in [2.75, 3.05) is 94.1 Å². The van der Waals surface area contributed by atoms with Crippen molar-refractivity contribution in [3.8, 4) is 0 Å². The van der Waals surface area contributed by atoms with E-state index in [9.17, 15) is 0 Å². The average molecular weight is 2100 g/mol. The summed E-state index contributed by atoms with van der Waals surface area (Å²) in [4.78, 5) is 43.0. The molecule has 780 valence electrons. The molecule has 0 saturated carbocycles. The van der Waals surface area contributed by atoms with E-state index < -0.39 is 0 Å². The number of likely N-dealkylation sites (tertiary alicyclic amines) is 2. The molecule has 21 rings (SSSR count). The van der Waals surface area contributed by atoms with Crippen molar-refractivity contribution >= 4 is 203 Å². The fourth-order valence-electron chi connectivity index (χ4n) is 17.4. The summed E-state index contributed by atoms with van der Waals surface area (Å²) in [5, 5.41) is 22.7. The van der Waals surface area contributed by atoms with Crippen LogP contribution in [0.25, 0.3) is 65.4 Å². The van der Waals surface area contributed by atoms with Crippen LogP contribution in [0.5, 0.6) is 0 Å². The number of nitrogens with one attached hydrogen (secondary N) is 1. The molecule has 7 aromatic carbocycles. The van der Waals surface area contributed by atoms with Gasteiger partial charge in [0.05, 0.1) is 96.5 Å². The molecular formula is C119H153N23S6. The molecule has 148 heavy (non-hydrogen) atoms. The molecule has 19 aromatic rings. The molecule has 2 aliphatic heterocycles. The molecular weight excluding hydrogens is 1940 g/mol. The monoisotopic (exact) mass is 2100 g/mol. The third kappa shape index (κ3) is 33.0. The Morgan fingerprint density at radius 2 is 0.534 bits per heavy atom. The number of aryl methyl sites for hydroxylation is 5. The van der Waals surface area contributed by atoms with Gasteiger partial charge in [0.25, 0.3) is 0 Å². The number of likely N-dealkylation sites (N-methyl/N-ethyl adjacent to an activating group) is 1. The molecule has 0 bridgehead atoms. The summed E-state index contributed by atoms with van der Waals surface area (Å²) in [6.07, 6.45) is 24.1. The Bertz CT molecular complexity index is 7310. The minimum absolute atomic E-state index is 0. The summed E-state index contributed by atoms with van der Waals surface area (Å²) in [5.41, 5.74) is 50.6. The Kier molecular flexibility index (Phi) is 46.4. The molecule has 0 unspecified atom stereocenters. The van der Waals surface area contributed by atoms with Crippen LogP contribution in [-0.4, -0.2) is 176 Å². The van der Waals surface area contributed by atoms with Crippen LogP contribution in [0, 0.1) is 0 Å². The van der Waals surface area contributed by atoms with Crippen LogP contribution >= 0.6 is 68.0 Å². The third-order valence-electron chi connectivity index (χ3n) is 25.0. The van der Waals surface area contributed by atoms with Crippen LogP contribution in [0.1, 0.15) is 131 Å².